The largest absolute Gasteiger partial charge is 0.396 e. The van der Waals surface area contributed by atoms with Crippen molar-refractivity contribution in [3.63, 3.8) is 0 Å². The van der Waals surface area contributed by atoms with Gasteiger partial charge in [0.15, 0.2) is 0 Å². The molecule has 0 aromatic carbocycles. The van der Waals surface area contributed by atoms with Gasteiger partial charge in [-0.2, -0.15) is 0 Å². The zero-order chi connectivity index (χ0) is 11.1. The summed E-state index contributed by atoms with van der Waals surface area (Å²) in [5, 5.41) is 12.2. The van der Waals surface area contributed by atoms with Crippen molar-refractivity contribution in [2.24, 2.45) is 11.7 Å². The van der Waals surface area contributed by atoms with Crippen LogP contribution in [0, 0.1) is 5.92 Å². The molecule has 15 heavy (non-hydrogen) atoms. The van der Waals surface area contributed by atoms with Gasteiger partial charge >= 0.3 is 0 Å². The molecule has 1 fully saturated rings. The molecule has 3 nitrogen and oxygen atoms in total. The average Bonchev–Trinajstić information content (AvgIpc) is 3.01. The standard InChI is InChI=1S/C12H26N2O/c1-12(10-13,9-11-5-6-11)14-7-3-2-4-8-15/h11,14-15H,2-10,13H2,1H3. The molecular weight excluding hydrogens is 188 g/mol. The molecule has 0 heterocycles. The van der Waals surface area contributed by atoms with Gasteiger partial charge in [0.2, 0.25) is 0 Å². The summed E-state index contributed by atoms with van der Waals surface area (Å²) in [7, 11) is 0. The van der Waals surface area contributed by atoms with Crippen LogP contribution in [0.25, 0.3) is 0 Å². The summed E-state index contributed by atoms with van der Waals surface area (Å²) in [6.45, 7) is 4.30. The first kappa shape index (κ1) is 12.9. The lowest BCUT2D eigenvalue weighted by atomic mass is 9.94. The van der Waals surface area contributed by atoms with Gasteiger partial charge in [0.05, 0.1) is 0 Å². The number of nitrogens with one attached hydrogen (secondary N) is 1. The van der Waals surface area contributed by atoms with Crippen LogP contribution in [0.3, 0.4) is 0 Å². The van der Waals surface area contributed by atoms with E-state index in [0.717, 1.165) is 38.3 Å². The fourth-order valence-electron chi connectivity index (χ4n) is 1.99. The van der Waals surface area contributed by atoms with Gasteiger partial charge in [-0.1, -0.05) is 12.8 Å². The Bertz CT molecular complexity index is 171. The van der Waals surface area contributed by atoms with Crippen molar-refractivity contribution in [1.82, 2.24) is 5.32 Å². The maximum Gasteiger partial charge on any atom is 0.0431 e. The third kappa shape index (κ3) is 5.50. The van der Waals surface area contributed by atoms with Gasteiger partial charge in [0, 0.05) is 18.7 Å². The number of hydrogen-bond donors (Lipinski definition) is 3. The van der Waals surface area contributed by atoms with Gasteiger partial charge in [-0.15, -0.1) is 0 Å². The molecule has 1 saturated carbocycles. The van der Waals surface area contributed by atoms with E-state index in [1.807, 2.05) is 0 Å². The molecule has 0 aromatic heterocycles. The zero-order valence-corrected chi connectivity index (χ0v) is 9.97. The molecule has 90 valence electrons. The van der Waals surface area contributed by atoms with Gasteiger partial charge in [-0.05, 0) is 45.1 Å². The van der Waals surface area contributed by atoms with E-state index in [1.54, 1.807) is 0 Å². The van der Waals surface area contributed by atoms with E-state index in [0.29, 0.717) is 6.61 Å². The van der Waals surface area contributed by atoms with Gasteiger partial charge in [-0.25, -0.2) is 0 Å². The minimum Gasteiger partial charge on any atom is -0.396 e. The molecular formula is C12H26N2O. The molecule has 0 radical (unpaired) electrons. The smallest absolute Gasteiger partial charge is 0.0431 e. The molecule has 0 saturated heterocycles. The SMILES string of the molecule is CC(CN)(CC1CC1)NCCCCCO. The maximum atomic E-state index is 8.66. The zero-order valence-electron chi connectivity index (χ0n) is 9.97. The van der Waals surface area contributed by atoms with E-state index in [4.69, 9.17) is 10.8 Å². The maximum absolute atomic E-state index is 8.66. The number of hydrogen-bond acceptors (Lipinski definition) is 3. The van der Waals surface area contributed by atoms with E-state index in [1.165, 1.54) is 19.3 Å². The Morgan fingerprint density at radius 2 is 2.07 bits per heavy atom. The van der Waals surface area contributed by atoms with E-state index >= 15 is 0 Å². The summed E-state index contributed by atoms with van der Waals surface area (Å²) in [5.74, 6) is 0.920. The van der Waals surface area contributed by atoms with Crippen molar-refractivity contribution in [3.05, 3.63) is 0 Å². The van der Waals surface area contributed by atoms with E-state index in [-0.39, 0.29) is 5.54 Å². The molecule has 4 N–H and O–H groups in total. The van der Waals surface area contributed by atoms with E-state index in [9.17, 15) is 0 Å². The van der Waals surface area contributed by atoms with Gasteiger partial charge < -0.3 is 16.2 Å². The Balaban J connectivity index is 2.08. The fourth-order valence-corrected chi connectivity index (χ4v) is 1.99. The van der Waals surface area contributed by atoms with Crippen LogP contribution in [-0.4, -0.2) is 30.3 Å². The Hall–Kier alpha value is -0.120. The molecule has 3 heteroatoms. The third-order valence-corrected chi connectivity index (χ3v) is 3.27. The van der Waals surface area contributed by atoms with Crippen molar-refractivity contribution in [3.8, 4) is 0 Å². The van der Waals surface area contributed by atoms with Crippen molar-refractivity contribution >= 4 is 0 Å². The quantitative estimate of drug-likeness (QED) is 0.506. The van der Waals surface area contributed by atoms with Crippen LogP contribution in [0.5, 0.6) is 0 Å². The number of aliphatic hydroxyl groups is 1. The number of rotatable bonds is 9. The van der Waals surface area contributed by atoms with Crippen LogP contribution < -0.4 is 11.1 Å². The summed E-state index contributed by atoms with van der Waals surface area (Å²) in [6.07, 6.45) is 7.17. The lowest BCUT2D eigenvalue weighted by molar-refractivity contribution is 0.278. The Morgan fingerprint density at radius 3 is 2.60 bits per heavy atom. The summed E-state index contributed by atoms with van der Waals surface area (Å²) in [4.78, 5) is 0. The first-order valence-corrected chi connectivity index (χ1v) is 6.26. The van der Waals surface area contributed by atoms with Crippen LogP contribution in [0.2, 0.25) is 0 Å². The van der Waals surface area contributed by atoms with E-state index in [2.05, 4.69) is 12.2 Å². The minimum atomic E-state index is 0.139. The second kappa shape index (κ2) is 6.46. The fraction of sp³-hybridized carbons (Fsp3) is 1.00. The van der Waals surface area contributed by atoms with E-state index < -0.39 is 0 Å². The predicted octanol–water partition coefficient (Wildman–Crippen LogP) is 1.26. The van der Waals surface area contributed by atoms with Crippen LogP contribution in [-0.2, 0) is 0 Å². The number of unbranched alkanes of at least 4 members (excludes halogenated alkanes) is 2. The Labute approximate surface area is 93.4 Å². The molecule has 1 atom stereocenters. The normalized spacial score (nSPS) is 20.2. The lowest BCUT2D eigenvalue weighted by Crippen LogP contribution is -2.49. The summed E-state index contributed by atoms with van der Waals surface area (Å²) < 4.78 is 0. The van der Waals surface area contributed by atoms with Crippen molar-refractivity contribution in [2.45, 2.75) is 51.0 Å². The second-order valence-corrected chi connectivity index (χ2v) is 5.12. The molecule has 1 unspecified atom stereocenters. The third-order valence-electron chi connectivity index (χ3n) is 3.27. The average molecular weight is 214 g/mol. The van der Waals surface area contributed by atoms with Crippen LogP contribution in [0.4, 0.5) is 0 Å². The highest BCUT2D eigenvalue weighted by atomic mass is 16.2. The van der Waals surface area contributed by atoms with Crippen LogP contribution in [0.15, 0.2) is 0 Å². The van der Waals surface area contributed by atoms with Crippen molar-refractivity contribution < 1.29 is 5.11 Å². The number of nitrogens with two attached hydrogens (primary N) is 1. The topological polar surface area (TPSA) is 58.3 Å². The Kier molecular flexibility index (Phi) is 5.58. The van der Waals surface area contributed by atoms with Gasteiger partial charge in [0.25, 0.3) is 0 Å². The number of aliphatic hydroxyl groups excluding tert-OH is 1. The highest BCUT2D eigenvalue weighted by molar-refractivity contribution is 4.90. The van der Waals surface area contributed by atoms with Gasteiger partial charge in [0.1, 0.15) is 0 Å². The highest BCUT2D eigenvalue weighted by Crippen LogP contribution is 2.36. The predicted molar refractivity (Wildman–Crippen MR) is 63.7 cm³/mol. The second-order valence-electron chi connectivity index (χ2n) is 5.12. The molecule has 0 bridgehead atoms. The molecule has 0 spiro atoms. The first-order valence-electron chi connectivity index (χ1n) is 6.26. The molecule has 1 aliphatic rings. The summed E-state index contributed by atoms with van der Waals surface area (Å²) in [6, 6.07) is 0. The molecule has 0 aliphatic heterocycles. The van der Waals surface area contributed by atoms with Crippen LogP contribution >= 0.6 is 0 Å². The summed E-state index contributed by atoms with van der Waals surface area (Å²) >= 11 is 0. The van der Waals surface area contributed by atoms with Crippen molar-refractivity contribution in [2.75, 3.05) is 19.7 Å². The van der Waals surface area contributed by atoms with Crippen molar-refractivity contribution in [1.29, 1.82) is 0 Å². The highest BCUT2D eigenvalue weighted by Gasteiger charge is 2.31. The minimum absolute atomic E-state index is 0.139. The molecule has 0 amide bonds. The first-order chi connectivity index (χ1) is 7.20. The molecule has 1 aliphatic carbocycles. The molecule has 0 aromatic rings. The van der Waals surface area contributed by atoms with Crippen LogP contribution in [0.1, 0.15) is 45.4 Å². The molecule has 1 rings (SSSR count). The summed E-state index contributed by atoms with van der Waals surface area (Å²) in [5.41, 5.74) is 5.96. The lowest BCUT2D eigenvalue weighted by Gasteiger charge is -2.29. The monoisotopic (exact) mass is 214 g/mol. The Morgan fingerprint density at radius 1 is 1.33 bits per heavy atom. The van der Waals surface area contributed by atoms with Gasteiger partial charge in [-0.3, -0.25) is 0 Å².